The number of thioether (sulfide) groups is 1. The van der Waals surface area contributed by atoms with Crippen molar-refractivity contribution in [3.05, 3.63) is 65.7 Å². The highest BCUT2D eigenvalue weighted by Gasteiger charge is 2.32. The molecule has 0 unspecified atom stereocenters. The fourth-order valence-corrected chi connectivity index (χ4v) is 3.29. The van der Waals surface area contributed by atoms with E-state index in [-0.39, 0.29) is 18.6 Å². The van der Waals surface area contributed by atoms with Crippen LogP contribution >= 0.6 is 11.8 Å². The first-order valence-electron chi connectivity index (χ1n) is 9.50. The highest BCUT2D eigenvalue weighted by molar-refractivity contribution is 7.98. The van der Waals surface area contributed by atoms with E-state index < -0.39 is 5.97 Å². The Hall–Kier alpha value is -2.73. The molecule has 0 spiro atoms. The van der Waals surface area contributed by atoms with Crippen LogP contribution in [0.2, 0.25) is 0 Å². The Bertz CT molecular complexity index is 857. The Morgan fingerprint density at radius 2 is 1.79 bits per heavy atom. The van der Waals surface area contributed by atoms with Crippen LogP contribution in [0.25, 0.3) is 6.08 Å². The van der Waals surface area contributed by atoms with Gasteiger partial charge in [0.2, 0.25) is 0 Å². The average Bonchev–Trinajstić information content (AvgIpc) is 3.60. The topological polar surface area (TPSA) is 55.8 Å². The van der Waals surface area contributed by atoms with E-state index in [4.69, 9.17) is 9.47 Å². The van der Waals surface area contributed by atoms with Crippen molar-refractivity contribution in [1.82, 2.24) is 4.90 Å². The maximum Gasteiger partial charge on any atom is 0.331 e. The molecule has 1 aliphatic rings. The largest absolute Gasteiger partial charge is 0.497 e. The van der Waals surface area contributed by atoms with Crippen LogP contribution in [-0.2, 0) is 20.9 Å². The van der Waals surface area contributed by atoms with Crippen LogP contribution in [0.15, 0.2) is 59.5 Å². The smallest absolute Gasteiger partial charge is 0.331 e. The Labute approximate surface area is 175 Å². The van der Waals surface area contributed by atoms with Crippen LogP contribution in [0.4, 0.5) is 0 Å². The van der Waals surface area contributed by atoms with E-state index in [2.05, 4.69) is 0 Å². The van der Waals surface area contributed by atoms with Gasteiger partial charge in [-0.1, -0.05) is 24.3 Å². The van der Waals surface area contributed by atoms with Crippen molar-refractivity contribution in [3.8, 4) is 5.75 Å². The van der Waals surface area contributed by atoms with Gasteiger partial charge in [0.05, 0.1) is 7.11 Å². The number of rotatable bonds is 9. The Kier molecular flexibility index (Phi) is 7.36. The average molecular weight is 412 g/mol. The van der Waals surface area contributed by atoms with Gasteiger partial charge in [0.15, 0.2) is 6.61 Å². The summed E-state index contributed by atoms with van der Waals surface area (Å²) in [6, 6.07) is 15.7. The first-order chi connectivity index (χ1) is 14.1. The molecule has 0 aromatic heterocycles. The maximum absolute atomic E-state index is 12.6. The summed E-state index contributed by atoms with van der Waals surface area (Å²) in [6.07, 6.45) is 7.03. The molecule has 5 nitrogen and oxygen atoms in total. The van der Waals surface area contributed by atoms with E-state index in [9.17, 15) is 9.59 Å². The van der Waals surface area contributed by atoms with Gasteiger partial charge in [0, 0.05) is 23.6 Å². The fourth-order valence-electron chi connectivity index (χ4n) is 2.88. The second-order valence-electron chi connectivity index (χ2n) is 6.82. The van der Waals surface area contributed by atoms with Crippen LogP contribution in [0.5, 0.6) is 5.75 Å². The van der Waals surface area contributed by atoms with Gasteiger partial charge in [0.25, 0.3) is 5.91 Å². The van der Waals surface area contributed by atoms with E-state index in [1.807, 2.05) is 54.8 Å². The van der Waals surface area contributed by atoms with Crippen molar-refractivity contribution < 1.29 is 19.1 Å². The Morgan fingerprint density at radius 1 is 1.10 bits per heavy atom. The highest BCUT2D eigenvalue weighted by Crippen LogP contribution is 2.29. The molecule has 0 heterocycles. The summed E-state index contributed by atoms with van der Waals surface area (Å²) in [7, 11) is 1.62. The van der Waals surface area contributed by atoms with Gasteiger partial charge in [-0.2, -0.15) is 0 Å². The number of esters is 1. The first kappa shape index (κ1) is 21.0. The SMILES string of the molecule is COc1ccc(CN(C(=O)COC(=O)/C=C/c2ccc(SC)cc2)C2CC2)cc1. The van der Waals surface area contributed by atoms with Crippen molar-refractivity contribution >= 4 is 29.7 Å². The Balaban J connectivity index is 1.51. The zero-order valence-corrected chi connectivity index (χ0v) is 17.5. The molecule has 0 bridgehead atoms. The molecule has 2 aromatic rings. The van der Waals surface area contributed by atoms with Crippen molar-refractivity contribution in [2.24, 2.45) is 0 Å². The normalized spacial score (nSPS) is 13.3. The summed E-state index contributed by atoms with van der Waals surface area (Å²) >= 11 is 1.66. The third-order valence-corrected chi connectivity index (χ3v) is 5.43. The number of carbonyl (C=O) groups is 2. The zero-order chi connectivity index (χ0) is 20.6. The van der Waals surface area contributed by atoms with E-state index in [0.29, 0.717) is 6.54 Å². The number of methoxy groups -OCH3 is 1. The lowest BCUT2D eigenvalue weighted by molar-refractivity contribution is -0.148. The van der Waals surface area contributed by atoms with Gasteiger partial charge < -0.3 is 14.4 Å². The number of carbonyl (C=O) groups excluding carboxylic acids is 2. The van der Waals surface area contributed by atoms with Crippen molar-refractivity contribution in [2.75, 3.05) is 20.0 Å². The summed E-state index contributed by atoms with van der Waals surface area (Å²) in [4.78, 5) is 27.5. The summed E-state index contributed by atoms with van der Waals surface area (Å²) < 4.78 is 10.3. The molecule has 0 radical (unpaired) electrons. The molecule has 2 aromatic carbocycles. The van der Waals surface area contributed by atoms with Crippen LogP contribution in [0, 0.1) is 0 Å². The van der Waals surface area contributed by atoms with Gasteiger partial charge in [-0.15, -0.1) is 11.8 Å². The molecule has 152 valence electrons. The fraction of sp³-hybridized carbons (Fsp3) is 0.304. The molecular weight excluding hydrogens is 386 g/mol. The van der Waals surface area contributed by atoms with Gasteiger partial charge >= 0.3 is 5.97 Å². The number of nitrogens with zero attached hydrogens (tertiary/aromatic N) is 1. The quantitative estimate of drug-likeness (QED) is 0.352. The van der Waals surface area contributed by atoms with Crippen LogP contribution in [0.3, 0.4) is 0 Å². The second-order valence-corrected chi connectivity index (χ2v) is 7.69. The number of ether oxygens (including phenoxy) is 2. The van der Waals surface area contributed by atoms with Crippen molar-refractivity contribution in [2.45, 2.75) is 30.3 Å². The minimum absolute atomic E-state index is 0.172. The standard InChI is InChI=1S/C23H25NO4S/c1-27-20-10-3-18(4-11-20)15-24(19-8-9-19)22(25)16-28-23(26)14-7-17-5-12-21(29-2)13-6-17/h3-7,10-14,19H,8-9,15-16H2,1-2H3/b14-7+. The summed E-state index contributed by atoms with van der Waals surface area (Å²) in [6.45, 7) is 0.254. The minimum atomic E-state index is -0.521. The predicted molar refractivity (Wildman–Crippen MR) is 115 cm³/mol. The number of amides is 1. The molecule has 1 saturated carbocycles. The van der Waals surface area contributed by atoms with E-state index in [1.165, 1.54) is 6.08 Å². The van der Waals surface area contributed by atoms with E-state index in [0.717, 1.165) is 34.6 Å². The summed E-state index contributed by atoms with van der Waals surface area (Å²) in [5.41, 5.74) is 1.93. The minimum Gasteiger partial charge on any atom is -0.497 e. The zero-order valence-electron chi connectivity index (χ0n) is 16.7. The highest BCUT2D eigenvalue weighted by atomic mass is 32.2. The molecule has 0 atom stereocenters. The monoisotopic (exact) mass is 411 g/mol. The van der Waals surface area contributed by atoms with Gasteiger partial charge in [-0.05, 0) is 60.6 Å². The van der Waals surface area contributed by atoms with Gasteiger partial charge in [-0.25, -0.2) is 4.79 Å². The first-order valence-corrected chi connectivity index (χ1v) is 10.7. The number of hydrogen-bond acceptors (Lipinski definition) is 5. The molecule has 3 rings (SSSR count). The third kappa shape index (κ3) is 6.39. The lowest BCUT2D eigenvalue weighted by Gasteiger charge is -2.22. The van der Waals surface area contributed by atoms with Gasteiger partial charge in [-0.3, -0.25) is 4.79 Å². The maximum atomic E-state index is 12.6. The molecular formula is C23H25NO4S. The number of benzene rings is 2. The van der Waals surface area contributed by atoms with Crippen LogP contribution in [-0.4, -0.2) is 42.8 Å². The molecule has 0 aliphatic heterocycles. The molecule has 0 saturated heterocycles. The molecule has 1 fully saturated rings. The molecule has 29 heavy (non-hydrogen) atoms. The summed E-state index contributed by atoms with van der Waals surface area (Å²) in [5.74, 6) is 0.0868. The van der Waals surface area contributed by atoms with E-state index >= 15 is 0 Å². The van der Waals surface area contributed by atoms with Gasteiger partial charge in [0.1, 0.15) is 5.75 Å². The predicted octanol–water partition coefficient (Wildman–Crippen LogP) is 4.16. The Morgan fingerprint density at radius 3 is 2.38 bits per heavy atom. The third-order valence-electron chi connectivity index (χ3n) is 4.69. The number of hydrogen-bond donors (Lipinski definition) is 0. The van der Waals surface area contributed by atoms with Crippen molar-refractivity contribution in [1.29, 1.82) is 0 Å². The van der Waals surface area contributed by atoms with Crippen LogP contribution < -0.4 is 4.74 Å². The molecule has 0 N–H and O–H groups in total. The van der Waals surface area contributed by atoms with Crippen LogP contribution in [0.1, 0.15) is 24.0 Å². The molecule has 1 amide bonds. The lowest BCUT2D eigenvalue weighted by Crippen LogP contribution is -2.35. The second kappa shape index (κ2) is 10.2. The molecule has 6 heteroatoms. The van der Waals surface area contributed by atoms with E-state index in [1.54, 1.807) is 29.8 Å². The lowest BCUT2D eigenvalue weighted by atomic mass is 10.2. The molecule has 1 aliphatic carbocycles. The summed E-state index contributed by atoms with van der Waals surface area (Å²) in [5, 5.41) is 0. The van der Waals surface area contributed by atoms with Crippen molar-refractivity contribution in [3.63, 3.8) is 0 Å².